The molecule has 1 aliphatic heterocycles. The fraction of sp³-hybridized carbons (Fsp3) is 0.471. The van der Waals surface area contributed by atoms with E-state index in [1.54, 1.807) is 0 Å². The van der Waals surface area contributed by atoms with E-state index >= 15 is 0 Å². The first-order chi connectivity index (χ1) is 9.78. The number of pyridine rings is 1. The zero-order valence-corrected chi connectivity index (χ0v) is 12.3. The molecule has 2 heterocycles. The van der Waals surface area contributed by atoms with Crippen LogP contribution in [-0.2, 0) is 0 Å². The van der Waals surface area contributed by atoms with Gasteiger partial charge in [0, 0.05) is 30.6 Å². The fourth-order valence-corrected chi connectivity index (χ4v) is 3.05. The summed E-state index contributed by atoms with van der Waals surface area (Å²) in [6, 6.07) is 11.7. The molecule has 0 radical (unpaired) electrons. The molecule has 0 amide bonds. The Kier molecular flexibility index (Phi) is 3.88. The van der Waals surface area contributed by atoms with E-state index in [0.29, 0.717) is 12.1 Å². The van der Waals surface area contributed by atoms with Crippen LogP contribution in [0.1, 0.15) is 26.7 Å². The number of piperazine rings is 1. The Labute approximate surface area is 121 Å². The molecule has 1 aromatic carbocycles. The largest absolute Gasteiger partial charge is 0.365 e. The number of benzene rings is 1. The number of anilines is 1. The van der Waals surface area contributed by atoms with Crippen molar-refractivity contribution >= 4 is 16.6 Å². The average molecular weight is 269 g/mol. The van der Waals surface area contributed by atoms with Crippen molar-refractivity contribution in [3.05, 3.63) is 36.5 Å². The highest BCUT2D eigenvalue weighted by atomic mass is 15.2. The Balaban J connectivity index is 1.88. The molecule has 1 N–H and O–H groups in total. The molecule has 0 spiro atoms. The summed E-state index contributed by atoms with van der Waals surface area (Å²) in [6.45, 7) is 6.67. The van der Waals surface area contributed by atoms with Crippen LogP contribution in [-0.4, -0.2) is 30.2 Å². The van der Waals surface area contributed by atoms with E-state index in [9.17, 15) is 0 Å². The predicted molar refractivity (Wildman–Crippen MR) is 85.2 cm³/mol. The molecule has 2 aromatic rings. The fourth-order valence-electron chi connectivity index (χ4n) is 3.05. The first-order valence-corrected chi connectivity index (χ1v) is 7.62. The lowest BCUT2D eigenvalue weighted by Gasteiger charge is -2.40. The minimum Gasteiger partial charge on any atom is -0.365 e. The average Bonchev–Trinajstić information content (AvgIpc) is 2.49. The molecule has 20 heavy (non-hydrogen) atoms. The molecule has 1 saturated heterocycles. The topological polar surface area (TPSA) is 28.2 Å². The smallest absolute Gasteiger partial charge is 0.0703 e. The maximum atomic E-state index is 4.60. The van der Waals surface area contributed by atoms with Crippen LogP contribution >= 0.6 is 0 Å². The van der Waals surface area contributed by atoms with Gasteiger partial charge in [-0.05, 0) is 25.5 Å². The first-order valence-electron chi connectivity index (χ1n) is 7.62. The van der Waals surface area contributed by atoms with Crippen molar-refractivity contribution in [3.63, 3.8) is 0 Å². The predicted octanol–water partition coefficient (Wildman–Crippen LogP) is 3.20. The summed E-state index contributed by atoms with van der Waals surface area (Å²) < 4.78 is 0. The molecule has 2 atom stereocenters. The summed E-state index contributed by atoms with van der Waals surface area (Å²) in [5.41, 5.74) is 2.32. The van der Waals surface area contributed by atoms with Crippen molar-refractivity contribution in [1.82, 2.24) is 10.3 Å². The Hall–Kier alpha value is -1.61. The molecule has 1 aliphatic rings. The van der Waals surface area contributed by atoms with E-state index in [0.717, 1.165) is 18.6 Å². The number of nitrogens with zero attached hydrogens (tertiary/aromatic N) is 2. The van der Waals surface area contributed by atoms with Crippen LogP contribution < -0.4 is 10.2 Å². The number of hydrogen-bond donors (Lipinski definition) is 1. The van der Waals surface area contributed by atoms with Crippen LogP contribution in [0.25, 0.3) is 10.9 Å². The maximum Gasteiger partial charge on any atom is 0.0703 e. The first kappa shape index (κ1) is 13.4. The van der Waals surface area contributed by atoms with Crippen molar-refractivity contribution < 1.29 is 0 Å². The SMILES string of the molecule is CCCC1CN(c2cnc3ccccc3c2)C(C)CN1. The van der Waals surface area contributed by atoms with Crippen molar-refractivity contribution in [2.75, 3.05) is 18.0 Å². The van der Waals surface area contributed by atoms with Gasteiger partial charge in [-0.25, -0.2) is 0 Å². The minimum atomic E-state index is 0.520. The van der Waals surface area contributed by atoms with Gasteiger partial charge in [0.2, 0.25) is 0 Å². The van der Waals surface area contributed by atoms with E-state index in [1.165, 1.54) is 23.9 Å². The van der Waals surface area contributed by atoms with E-state index in [4.69, 9.17) is 0 Å². The molecular formula is C17H23N3. The van der Waals surface area contributed by atoms with Gasteiger partial charge in [0.15, 0.2) is 0 Å². The van der Waals surface area contributed by atoms with Crippen LogP contribution in [0.2, 0.25) is 0 Å². The summed E-state index contributed by atoms with van der Waals surface area (Å²) in [6.07, 6.45) is 4.49. The van der Waals surface area contributed by atoms with Gasteiger partial charge in [0.1, 0.15) is 0 Å². The van der Waals surface area contributed by atoms with Gasteiger partial charge >= 0.3 is 0 Å². The van der Waals surface area contributed by atoms with Crippen molar-refractivity contribution in [2.24, 2.45) is 0 Å². The zero-order chi connectivity index (χ0) is 13.9. The second kappa shape index (κ2) is 5.80. The van der Waals surface area contributed by atoms with Crippen LogP contribution in [0.3, 0.4) is 0 Å². The highest BCUT2D eigenvalue weighted by molar-refractivity contribution is 5.81. The van der Waals surface area contributed by atoms with Crippen LogP contribution in [0.15, 0.2) is 36.5 Å². The number of rotatable bonds is 3. The summed E-state index contributed by atoms with van der Waals surface area (Å²) in [5.74, 6) is 0. The van der Waals surface area contributed by atoms with Gasteiger partial charge in [-0.2, -0.15) is 0 Å². The van der Waals surface area contributed by atoms with Crippen molar-refractivity contribution in [3.8, 4) is 0 Å². The quantitative estimate of drug-likeness (QED) is 0.927. The van der Waals surface area contributed by atoms with E-state index < -0.39 is 0 Å². The molecule has 3 nitrogen and oxygen atoms in total. The number of fused-ring (bicyclic) bond motifs is 1. The Bertz CT molecular complexity index is 581. The lowest BCUT2D eigenvalue weighted by atomic mass is 10.0. The maximum absolute atomic E-state index is 4.60. The Morgan fingerprint density at radius 3 is 3.05 bits per heavy atom. The van der Waals surface area contributed by atoms with Gasteiger partial charge in [0.05, 0.1) is 17.4 Å². The lowest BCUT2D eigenvalue weighted by Crippen LogP contribution is -2.55. The number of hydrogen-bond acceptors (Lipinski definition) is 3. The van der Waals surface area contributed by atoms with Gasteiger partial charge in [-0.15, -0.1) is 0 Å². The van der Waals surface area contributed by atoms with Crippen molar-refractivity contribution in [2.45, 2.75) is 38.8 Å². The second-order valence-electron chi connectivity index (χ2n) is 5.78. The summed E-state index contributed by atoms with van der Waals surface area (Å²) >= 11 is 0. The summed E-state index contributed by atoms with van der Waals surface area (Å²) in [5, 5.41) is 4.87. The van der Waals surface area contributed by atoms with Gasteiger partial charge in [0.25, 0.3) is 0 Å². The van der Waals surface area contributed by atoms with Crippen LogP contribution in [0.5, 0.6) is 0 Å². The highest BCUT2D eigenvalue weighted by Gasteiger charge is 2.24. The third-order valence-electron chi connectivity index (χ3n) is 4.20. The normalized spacial score (nSPS) is 23.2. The molecular weight excluding hydrogens is 246 g/mol. The summed E-state index contributed by atoms with van der Waals surface area (Å²) in [7, 11) is 0. The molecule has 0 bridgehead atoms. The molecule has 1 aromatic heterocycles. The Morgan fingerprint density at radius 2 is 2.20 bits per heavy atom. The number of nitrogens with one attached hydrogen (secondary N) is 1. The zero-order valence-electron chi connectivity index (χ0n) is 12.3. The second-order valence-corrected chi connectivity index (χ2v) is 5.78. The molecule has 0 aliphatic carbocycles. The van der Waals surface area contributed by atoms with E-state index in [2.05, 4.69) is 53.3 Å². The molecule has 3 heteroatoms. The molecule has 1 fully saturated rings. The minimum absolute atomic E-state index is 0.520. The standard InChI is InChI=1S/C17H23N3/c1-3-6-15-12-20(13(2)10-18-15)16-9-14-7-4-5-8-17(14)19-11-16/h4-5,7-9,11,13,15,18H,3,6,10,12H2,1-2H3. The third-order valence-corrected chi connectivity index (χ3v) is 4.20. The number of aromatic nitrogens is 1. The Morgan fingerprint density at radius 1 is 1.35 bits per heavy atom. The van der Waals surface area contributed by atoms with Gasteiger partial charge in [-0.3, -0.25) is 4.98 Å². The van der Waals surface area contributed by atoms with Crippen molar-refractivity contribution in [1.29, 1.82) is 0 Å². The molecule has 0 saturated carbocycles. The summed E-state index contributed by atoms with van der Waals surface area (Å²) in [4.78, 5) is 7.10. The molecule has 106 valence electrons. The van der Waals surface area contributed by atoms with Gasteiger partial charge in [-0.1, -0.05) is 31.5 Å². The monoisotopic (exact) mass is 269 g/mol. The molecule has 2 unspecified atom stereocenters. The highest BCUT2D eigenvalue weighted by Crippen LogP contribution is 2.23. The number of para-hydroxylation sites is 1. The van der Waals surface area contributed by atoms with Crippen LogP contribution in [0, 0.1) is 0 Å². The van der Waals surface area contributed by atoms with E-state index in [-0.39, 0.29) is 0 Å². The van der Waals surface area contributed by atoms with Gasteiger partial charge < -0.3 is 10.2 Å². The van der Waals surface area contributed by atoms with Crippen LogP contribution in [0.4, 0.5) is 5.69 Å². The third kappa shape index (κ3) is 2.63. The van der Waals surface area contributed by atoms with E-state index in [1.807, 2.05) is 12.3 Å². The molecule has 3 rings (SSSR count). The lowest BCUT2D eigenvalue weighted by molar-refractivity contribution is 0.386.